The van der Waals surface area contributed by atoms with Crippen LogP contribution in [0.2, 0.25) is 0 Å². The van der Waals surface area contributed by atoms with Crippen LogP contribution in [0.25, 0.3) is 50.2 Å². The third-order valence-electron chi connectivity index (χ3n) is 6.33. The molecular weight excluding hydrogens is 477 g/mol. The highest BCUT2D eigenvalue weighted by molar-refractivity contribution is 5.98. The fraction of sp³-hybridized carbons (Fsp3) is 0.167. The lowest BCUT2D eigenvalue weighted by Gasteiger charge is -2.12. The van der Waals surface area contributed by atoms with Crippen molar-refractivity contribution >= 4 is 33.2 Å². The summed E-state index contributed by atoms with van der Waals surface area (Å²) in [5.41, 5.74) is 7.37. The molecule has 0 aliphatic carbocycles. The number of H-pyrrole nitrogens is 2. The molecule has 0 fully saturated rings. The molecule has 0 saturated heterocycles. The summed E-state index contributed by atoms with van der Waals surface area (Å²) in [7, 11) is 4.01. The van der Waals surface area contributed by atoms with Crippen molar-refractivity contribution in [2.75, 3.05) is 32.5 Å². The molecule has 0 bridgehead atoms. The van der Waals surface area contributed by atoms with E-state index in [1.165, 1.54) is 12.1 Å². The van der Waals surface area contributed by atoms with Gasteiger partial charge in [0.25, 0.3) is 0 Å². The van der Waals surface area contributed by atoms with E-state index >= 15 is 0 Å². The molecule has 3 heterocycles. The molecule has 7 nitrogen and oxygen atoms in total. The summed E-state index contributed by atoms with van der Waals surface area (Å²) in [6, 6.07) is 11.1. The Morgan fingerprint density at radius 2 is 2.00 bits per heavy atom. The van der Waals surface area contributed by atoms with Crippen LogP contribution in [0.1, 0.15) is 12.5 Å². The van der Waals surface area contributed by atoms with Crippen LogP contribution in [0.4, 0.5) is 10.1 Å². The van der Waals surface area contributed by atoms with E-state index in [9.17, 15) is 4.39 Å². The minimum atomic E-state index is -0.321. The number of nitrogens with zero attached hydrogens (tertiary/aromatic N) is 4. The molecule has 3 N–H and O–H groups in total. The number of halogens is 1. The van der Waals surface area contributed by atoms with Crippen LogP contribution in [0.5, 0.6) is 0 Å². The Balaban J connectivity index is 1.55. The molecule has 38 heavy (non-hydrogen) atoms. The van der Waals surface area contributed by atoms with Gasteiger partial charge in [-0.15, -0.1) is 0 Å². The number of likely N-dealkylation sites (N-methyl/N-ethyl adjacent to an activating group) is 1. The molecule has 0 spiro atoms. The summed E-state index contributed by atoms with van der Waals surface area (Å²) in [5, 5.41) is 11.9. The monoisotopic (exact) mass is 507 g/mol. The number of hydrogen-bond donors (Lipinski definition) is 3. The first-order chi connectivity index (χ1) is 18.5. The number of pyridine rings is 1. The van der Waals surface area contributed by atoms with Crippen molar-refractivity contribution in [1.82, 2.24) is 30.0 Å². The molecule has 0 unspecified atom stereocenters. The molecule has 8 heteroatoms. The van der Waals surface area contributed by atoms with Crippen molar-refractivity contribution in [3.63, 3.8) is 0 Å². The molecule has 5 rings (SSSR count). The number of fused-ring (bicyclic) bond motifs is 2. The van der Waals surface area contributed by atoms with Crippen molar-refractivity contribution in [2.45, 2.75) is 6.92 Å². The van der Waals surface area contributed by atoms with Crippen molar-refractivity contribution in [2.24, 2.45) is 0 Å². The van der Waals surface area contributed by atoms with Gasteiger partial charge in [0.15, 0.2) is 5.82 Å². The van der Waals surface area contributed by atoms with E-state index in [1.54, 1.807) is 18.5 Å². The molecule has 192 valence electrons. The topological polar surface area (TPSA) is 85.5 Å². The number of nitrogens with one attached hydrogen (secondary N) is 3. The zero-order valence-corrected chi connectivity index (χ0v) is 21.7. The largest absolute Gasteiger partial charge is 0.384 e. The Morgan fingerprint density at radius 3 is 2.79 bits per heavy atom. The summed E-state index contributed by atoms with van der Waals surface area (Å²) < 4.78 is 14.6. The molecule has 5 aromatic rings. The summed E-state index contributed by atoms with van der Waals surface area (Å²) in [6.45, 7) is 7.31. The van der Waals surface area contributed by atoms with Crippen molar-refractivity contribution in [3.05, 3.63) is 91.1 Å². The molecule has 0 aliphatic heterocycles. The molecule has 0 atom stereocenters. The molecule has 3 aromatic heterocycles. The van der Waals surface area contributed by atoms with E-state index in [0.29, 0.717) is 34.8 Å². The second-order valence-electron chi connectivity index (χ2n) is 9.30. The van der Waals surface area contributed by atoms with Crippen LogP contribution in [0.15, 0.2) is 79.7 Å². The van der Waals surface area contributed by atoms with E-state index in [1.807, 2.05) is 45.3 Å². The first-order valence-corrected chi connectivity index (χ1v) is 12.4. The first kappa shape index (κ1) is 25.1. The summed E-state index contributed by atoms with van der Waals surface area (Å²) >= 11 is 0. The van der Waals surface area contributed by atoms with Crippen molar-refractivity contribution in [1.29, 1.82) is 0 Å². The first-order valence-electron chi connectivity index (χ1n) is 12.4. The third-order valence-corrected chi connectivity index (χ3v) is 6.33. The molecule has 0 aliphatic rings. The van der Waals surface area contributed by atoms with Gasteiger partial charge in [-0.25, -0.2) is 9.37 Å². The van der Waals surface area contributed by atoms with Gasteiger partial charge >= 0.3 is 0 Å². The van der Waals surface area contributed by atoms with Crippen molar-refractivity contribution in [3.8, 4) is 22.6 Å². The second kappa shape index (κ2) is 10.8. The van der Waals surface area contributed by atoms with Crippen molar-refractivity contribution < 1.29 is 4.39 Å². The Labute approximate surface area is 220 Å². The van der Waals surface area contributed by atoms with Gasteiger partial charge in [0.2, 0.25) is 0 Å². The number of anilines is 1. The maximum atomic E-state index is 14.6. The highest BCUT2D eigenvalue weighted by atomic mass is 19.1. The van der Waals surface area contributed by atoms with Gasteiger partial charge < -0.3 is 15.2 Å². The highest BCUT2D eigenvalue weighted by Gasteiger charge is 2.17. The van der Waals surface area contributed by atoms with Gasteiger partial charge in [0.1, 0.15) is 11.5 Å². The second-order valence-corrected chi connectivity index (χ2v) is 9.30. The number of allylic oxidation sites excluding steroid dienone is 5. The van der Waals surface area contributed by atoms with Gasteiger partial charge in [-0.3, -0.25) is 10.1 Å². The lowest BCUT2D eigenvalue weighted by atomic mass is 10.0. The minimum Gasteiger partial charge on any atom is -0.384 e. The zero-order chi connectivity index (χ0) is 26.6. The maximum absolute atomic E-state index is 14.6. The Bertz CT molecular complexity index is 1670. The predicted molar refractivity (Wildman–Crippen MR) is 154 cm³/mol. The fourth-order valence-electron chi connectivity index (χ4n) is 4.43. The number of imidazole rings is 1. The quantitative estimate of drug-likeness (QED) is 0.200. The number of aromatic nitrogens is 5. The van der Waals surface area contributed by atoms with Gasteiger partial charge in [-0.05, 0) is 68.1 Å². The average molecular weight is 508 g/mol. The summed E-state index contributed by atoms with van der Waals surface area (Å²) in [6.07, 6.45) is 11.2. The van der Waals surface area contributed by atoms with Gasteiger partial charge in [-0.2, -0.15) is 5.10 Å². The third kappa shape index (κ3) is 5.12. The van der Waals surface area contributed by atoms with Crippen LogP contribution >= 0.6 is 0 Å². The minimum absolute atomic E-state index is 0.321. The van der Waals surface area contributed by atoms with Crippen LogP contribution in [-0.2, 0) is 0 Å². The van der Waals surface area contributed by atoms with Crippen LogP contribution in [-0.4, -0.2) is 57.2 Å². The van der Waals surface area contributed by atoms with Gasteiger partial charge in [0, 0.05) is 35.9 Å². The molecule has 2 aromatic carbocycles. The SMILES string of the molecule is C=C/C=C\C(=C/C)c1ccc2[nH]nc(-c3nc4c(-c5cc(F)cc(NCCN(C)C)c5)cncc4[nH]3)c2c1. The number of aromatic amines is 2. The van der Waals surface area contributed by atoms with E-state index in [-0.39, 0.29) is 5.82 Å². The average Bonchev–Trinajstić information content (AvgIpc) is 3.52. The lowest BCUT2D eigenvalue weighted by Crippen LogP contribution is -2.20. The van der Waals surface area contributed by atoms with Crippen LogP contribution in [0, 0.1) is 5.82 Å². The lowest BCUT2D eigenvalue weighted by molar-refractivity contribution is 0.425. The zero-order valence-electron chi connectivity index (χ0n) is 21.7. The molecular formula is C30H30FN7. The number of benzene rings is 2. The summed E-state index contributed by atoms with van der Waals surface area (Å²) in [4.78, 5) is 14.7. The molecule has 0 radical (unpaired) electrons. The maximum Gasteiger partial charge on any atom is 0.159 e. The normalized spacial score (nSPS) is 12.3. The van der Waals surface area contributed by atoms with Gasteiger partial charge in [-0.1, -0.05) is 36.9 Å². The predicted octanol–water partition coefficient (Wildman–Crippen LogP) is 6.43. The standard InChI is InChI=1S/C30H30FN7/c1-5-7-8-19(6-2)20-9-10-26-24(15-20)29(37-36-26)30-34-27-18-32-17-25(28(27)35-30)21-13-22(31)16-23(14-21)33-11-12-38(3)4/h5-10,13-18,33H,1,11-12H2,2-4H3,(H,34,35)(H,36,37)/b8-7-,19-6+. The van der Waals surface area contributed by atoms with Crippen LogP contribution < -0.4 is 5.32 Å². The Morgan fingerprint density at radius 1 is 1.13 bits per heavy atom. The van der Waals surface area contributed by atoms with E-state index in [4.69, 9.17) is 4.98 Å². The van der Waals surface area contributed by atoms with Crippen LogP contribution in [0.3, 0.4) is 0 Å². The van der Waals surface area contributed by atoms with E-state index in [0.717, 1.165) is 39.7 Å². The Hall–Kier alpha value is -4.56. The van der Waals surface area contributed by atoms with E-state index in [2.05, 4.69) is 55.2 Å². The van der Waals surface area contributed by atoms with Gasteiger partial charge in [0.05, 0.1) is 22.7 Å². The Kier molecular flexibility index (Phi) is 7.15. The highest BCUT2D eigenvalue weighted by Crippen LogP contribution is 2.33. The number of hydrogen-bond acceptors (Lipinski definition) is 5. The smallest absolute Gasteiger partial charge is 0.159 e. The van der Waals surface area contributed by atoms with E-state index < -0.39 is 0 Å². The number of rotatable bonds is 9. The fourth-order valence-corrected chi connectivity index (χ4v) is 4.43. The molecule has 0 saturated carbocycles. The summed E-state index contributed by atoms with van der Waals surface area (Å²) in [5.74, 6) is 0.292. The molecule has 0 amide bonds.